The van der Waals surface area contributed by atoms with Crippen molar-refractivity contribution in [3.05, 3.63) is 65.9 Å². The summed E-state index contributed by atoms with van der Waals surface area (Å²) in [4.78, 5) is 21.3. The van der Waals surface area contributed by atoms with Crippen molar-refractivity contribution in [3.63, 3.8) is 0 Å². The van der Waals surface area contributed by atoms with Gasteiger partial charge in [-0.25, -0.2) is 9.97 Å². The lowest BCUT2D eigenvalue weighted by Crippen LogP contribution is -2.53. The largest absolute Gasteiger partial charge is 0.298 e. The maximum absolute atomic E-state index is 12.9. The summed E-state index contributed by atoms with van der Waals surface area (Å²) < 4.78 is 1.97. The van der Waals surface area contributed by atoms with E-state index in [0.29, 0.717) is 6.42 Å². The predicted molar refractivity (Wildman–Crippen MR) is 111 cm³/mol. The number of nitrogens with zero attached hydrogens (tertiary/aromatic N) is 5. The number of carbonyl (C=O) groups excluding carboxylic acids is 1. The SMILES string of the molecule is C[C@@H]1C(=O)C(C#N)C[C@@]2(c3ccccc3)c3c(c(-c4cncnc4)nn3C)CC[C@@H]12. The summed E-state index contributed by atoms with van der Waals surface area (Å²) in [6, 6.07) is 12.7. The third-order valence-electron chi connectivity index (χ3n) is 7.11. The number of hydrogen-bond donors (Lipinski definition) is 0. The van der Waals surface area contributed by atoms with Crippen LogP contribution in [0.25, 0.3) is 11.3 Å². The zero-order valence-electron chi connectivity index (χ0n) is 17.1. The van der Waals surface area contributed by atoms with Crippen molar-refractivity contribution in [2.24, 2.45) is 24.8 Å². The third kappa shape index (κ3) is 2.48. The van der Waals surface area contributed by atoms with Gasteiger partial charge in [0.2, 0.25) is 0 Å². The van der Waals surface area contributed by atoms with Gasteiger partial charge >= 0.3 is 0 Å². The van der Waals surface area contributed by atoms with E-state index in [1.54, 1.807) is 12.4 Å². The Bertz CT molecular complexity index is 1150. The first-order valence-corrected chi connectivity index (χ1v) is 10.4. The number of aromatic nitrogens is 4. The van der Waals surface area contributed by atoms with Crippen LogP contribution < -0.4 is 0 Å². The second-order valence-corrected chi connectivity index (χ2v) is 8.49. The van der Waals surface area contributed by atoms with E-state index in [0.717, 1.165) is 35.4 Å². The number of nitriles is 1. The smallest absolute Gasteiger partial charge is 0.153 e. The first kappa shape index (κ1) is 18.7. The molecule has 0 saturated heterocycles. The van der Waals surface area contributed by atoms with Gasteiger partial charge in [0.1, 0.15) is 12.2 Å². The maximum Gasteiger partial charge on any atom is 0.153 e. The molecule has 1 aromatic carbocycles. The fraction of sp³-hybridized carbons (Fsp3) is 0.375. The van der Waals surface area contributed by atoms with Gasteiger partial charge in [0.25, 0.3) is 0 Å². The topological polar surface area (TPSA) is 84.5 Å². The lowest BCUT2D eigenvalue weighted by atomic mass is 9.51. The van der Waals surface area contributed by atoms with Crippen molar-refractivity contribution in [2.75, 3.05) is 0 Å². The summed E-state index contributed by atoms with van der Waals surface area (Å²) in [5.41, 5.74) is 4.86. The summed E-state index contributed by atoms with van der Waals surface area (Å²) >= 11 is 0. The van der Waals surface area contributed by atoms with Gasteiger partial charge < -0.3 is 0 Å². The van der Waals surface area contributed by atoms with Crippen molar-refractivity contribution in [2.45, 2.75) is 31.6 Å². The highest BCUT2D eigenvalue weighted by molar-refractivity contribution is 5.87. The number of fused-ring (bicyclic) bond motifs is 3. The molecule has 2 aliphatic rings. The molecule has 30 heavy (non-hydrogen) atoms. The van der Waals surface area contributed by atoms with Crippen molar-refractivity contribution in [3.8, 4) is 17.3 Å². The van der Waals surface area contributed by atoms with Gasteiger partial charge in [-0.1, -0.05) is 37.3 Å². The second kappa shape index (κ2) is 6.88. The molecule has 3 aromatic rings. The predicted octanol–water partition coefficient (Wildman–Crippen LogP) is 3.47. The van der Waals surface area contributed by atoms with Gasteiger partial charge in [-0.2, -0.15) is 10.4 Å². The van der Waals surface area contributed by atoms with Crippen LogP contribution in [-0.2, 0) is 23.7 Å². The zero-order valence-corrected chi connectivity index (χ0v) is 17.1. The van der Waals surface area contributed by atoms with Gasteiger partial charge in [0.05, 0.1) is 17.5 Å². The highest BCUT2D eigenvalue weighted by atomic mass is 16.1. The van der Waals surface area contributed by atoms with Crippen LogP contribution in [0.5, 0.6) is 0 Å². The molecule has 2 heterocycles. The van der Waals surface area contributed by atoms with Crippen molar-refractivity contribution in [1.82, 2.24) is 19.7 Å². The van der Waals surface area contributed by atoms with E-state index < -0.39 is 11.3 Å². The van der Waals surface area contributed by atoms with E-state index in [-0.39, 0.29) is 17.6 Å². The molecule has 1 saturated carbocycles. The quantitative estimate of drug-likeness (QED) is 0.661. The summed E-state index contributed by atoms with van der Waals surface area (Å²) in [6.07, 6.45) is 7.34. The van der Waals surface area contributed by atoms with E-state index in [1.807, 2.05) is 36.9 Å². The molecule has 6 heteroatoms. The highest BCUT2D eigenvalue weighted by Gasteiger charge is 2.57. The second-order valence-electron chi connectivity index (χ2n) is 8.49. The van der Waals surface area contributed by atoms with Crippen LogP contribution in [0.2, 0.25) is 0 Å². The molecule has 4 atom stereocenters. The Labute approximate surface area is 175 Å². The number of aryl methyl sites for hydroxylation is 1. The standard InChI is InChI=1S/C24H23N5O/c1-15-20-9-8-19-21(17-12-26-14-27-13-17)28-29(2)23(19)24(20,10-16(11-25)22(15)30)18-6-4-3-5-7-18/h3-7,12-16,20H,8-10H2,1-2H3/t15-,16?,20-,24-/m0/s1. The van der Waals surface area contributed by atoms with Crippen LogP contribution in [-0.4, -0.2) is 25.5 Å². The molecule has 150 valence electrons. The van der Waals surface area contributed by atoms with Crippen molar-refractivity contribution >= 4 is 5.78 Å². The Morgan fingerprint density at radius 1 is 1.20 bits per heavy atom. The Morgan fingerprint density at radius 2 is 1.93 bits per heavy atom. The summed E-state index contributed by atoms with van der Waals surface area (Å²) in [5.74, 6) is -0.563. The molecule has 2 aromatic heterocycles. The fourth-order valence-corrected chi connectivity index (χ4v) is 5.91. The number of benzene rings is 1. The molecule has 1 fully saturated rings. The first-order valence-electron chi connectivity index (χ1n) is 10.4. The molecule has 5 rings (SSSR count). The summed E-state index contributed by atoms with van der Waals surface area (Å²) in [7, 11) is 1.97. The van der Waals surface area contributed by atoms with E-state index in [4.69, 9.17) is 5.10 Å². The Kier molecular flexibility index (Phi) is 4.28. The molecule has 1 unspecified atom stereocenters. The zero-order chi connectivity index (χ0) is 20.9. The van der Waals surface area contributed by atoms with Crippen LogP contribution in [0.4, 0.5) is 0 Å². The lowest BCUT2D eigenvalue weighted by Gasteiger charge is -2.51. The molecule has 6 nitrogen and oxygen atoms in total. The number of Topliss-reactive ketones (excluding diaryl/α,β-unsaturated/α-hetero) is 1. The molecule has 0 bridgehead atoms. The molecule has 0 spiro atoms. The minimum Gasteiger partial charge on any atom is -0.298 e. The van der Waals surface area contributed by atoms with E-state index in [2.05, 4.69) is 28.2 Å². The van der Waals surface area contributed by atoms with E-state index >= 15 is 0 Å². The highest BCUT2D eigenvalue weighted by Crippen LogP contribution is 2.57. The van der Waals surface area contributed by atoms with E-state index in [9.17, 15) is 10.1 Å². The Hall–Kier alpha value is -3.33. The van der Waals surface area contributed by atoms with Gasteiger partial charge in [-0.05, 0) is 30.7 Å². The van der Waals surface area contributed by atoms with Gasteiger partial charge in [0, 0.05) is 41.9 Å². The van der Waals surface area contributed by atoms with Crippen LogP contribution >= 0.6 is 0 Å². The molecular formula is C24H23N5O. The van der Waals surface area contributed by atoms with Crippen LogP contribution in [0.15, 0.2) is 49.1 Å². The molecule has 2 aliphatic carbocycles. The van der Waals surface area contributed by atoms with Gasteiger partial charge in [-0.3, -0.25) is 9.48 Å². The normalized spacial score (nSPS) is 27.8. The number of rotatable bonds is 2. The van der Waals surface area contributed by atoms with Crippen LogP contribution in [0.3, 0.4) is 0 Å². The maximum atomic E-state index is 12.9. The lowest BCUT2D eigenvalue weighted by molar-refractivity contribution is -0.131. The van der Waals surface area contributed by atoms with Crippen molar-refractivity contribution in [1.29, 1.82) is 5.26 Å². The average Bonchev–Trinajstić information content (AvgIpc) is 3.14. The van der Waals surface area contributed by atoms with E-state index in [1.165, 1.54) is 11.9 Å². The number of carbonyl (C=O) groups is 1. The minimum atomic E-state index is -0.610. The molecular weight excluding hydrogens is 374 g/mol. The number of hydrogen-bond acceptors (Lipinski definition) is 5. The van der Waals surface area contributed by atoms with Gasteiger partial charge in [0.15, 0.2) is 5.78 Å². The van der Waals surface area contributed by atoms with Gasteiger partial charge in [-0.15, -0.1) is 0 Å². The first-order chi connectivity index (χ1) is 14.6. The monoisotopic (exact) mass is 397 g/mol. The fourth-order valence-electron chi connectivity index (χ4n) is 5.91. The van der Waals surface area contributed by atoms with Crippen molar-refractivity contribution < 1.29 is 4.79 Å². The molecule has 0 N–H and O–H groups in total. The summed E-state index contributed by atoms with van der Waals surface area (Å²) in [5, 5.41) is 14.7. The third-order valence-corrected chi connectivity index (χ3v) is 7.11. The number of ketones is 1. The summed E-state index contributed by atoms with van der Waals surface area (Å²) in [6.45, 7) is 2.00. The molecule has 0 amide bonds. The Balaban J connectivity index is 1.80. The minimum absolute atomic E-state index is 0.0800. The van der Waals surface area contributed by atoms with Crippen LogP contribution in [0, 0.1) is 29.1 Å². The molecule has 0 aliphatic heterocycles. The Morgan fingerprint density at radius 3 is 2.63 bits per heavy atom. The molecule has 0 radical (unpaired) electrons. The van der Waals surface area contributed by atoms with Crippen LogP contribution in [0.1, 0.15) is 36.6 Å². The average molecular weight is 397 g/mol.